The Morgan fingerprint density at radius 3 is 2.43 bits per heavy atom. The molecule has 110 valence electrons. The lowest BCUT2D eigenvalue weighted by atomic mass is 10.2. The number of hydrogen-bond acceptors (Lipinski definition) is 2. The Morgan fingerprint density at radius 2 is 1.76 bits per heavy atom. The summed E-state index contributed by atoms with van der Waals surface area (Å²) in [6.45, 7) is 2.61. The molecule has 3 nitrogen and oxygen atoms in total. The minimum Gasteiger partial charge on any atom is -0.493 e. The van der Waals surface area contributed by atoms with E-state index in [1.54, 1.807) is 12.1 Å². The Balaban J connectivity index is 2.20. The van der Waals surface area contributed by atoms with Gasteiger partial charge in [0.05, 0.1) is 12.2 Å². The fraction of sp³-hybridized carbons (Fsp3) is 0.188. The molecule has 0 fully saturated rings. The van der Waals surface area contributed by atoms with Gasteiger partial charge >= 0.3 is 0 Å². The highest BCUT2D eigenvalue weighted by Crippen LogP contribution is 2.25. The first kappa shape index (κ1) is 16.0. The molecule has 0 aliphatic rings. The zero-order valence-electron chi connectivity index (χ0n) is 11.5. The van der Waals surface area contributed by atoms with Crippen LogP contribution in [0.15, 0.2) is 51.4 Å². The monoisotopic (exact) mass is 411 g/mol. The van der Waals surface area contributed by atoms with Crippen molar-refractivity contribution in [3.8, 4) is 5.75 Å². The number of benzene rings is 2. The van der Waals surface area contributed by atoms with Crippen molar-refractivity contribution < 1.29 is 9.53 Å². The molecule has 0 saturated carbocycles. The Hall–Kier alpha value is -1.33. The fourth-order valence-corrected chi connectivity index (χ4v) is 2.37. The zero-order valence-corrected chi connectivity index (χ0v) is 14.7. The van der Waals surface area contributed by atoms with E-state index in [9.17, 15) is 4.79 Å². The van der Waals surface area contributed by atoms with Crippen LogP contribution < -0.4 is 10.1 Å². The molecule has 2 aromatic carbocycles. The first-order chi connectivity index (χ1) is 10.1. The van der Waals surface area contributed by atoms with Crippen molar-refractivity contribution in [2.75, 3.05) is 11.9 Å². The standard InChI is InChI=1S/C16H15Br2NO2/c1-2-9-21-15-8-5-12(18)10-14(15)16(20)19-13-6-3-11(17)4-7-13/h3-8,10H,2,9H2,1H3,(H,19,20). The van der Waals surface area contributed by atoms with Crippen LogP contribution in [0.3, 0.4) is 0 Å². The summed E-state index contributed by atoms with van der Waals surface area (Å²) in [6.07, 6.45) is 0.893. The van der Waals surface area contributed by atoms with Crippen LogP contribution in [-0.4, -0.2) is 12.5 Å². The summed E-state index contributed by atoms with van der Waals surface area (Å²) in [5, 5.41) is 2.87. The van der Waals surface area contributed by atoms with Gasteiger partial charge in [0, 0.05) is 14.6 Å². The molecule has 0 aliphatic carbocycles. The van der Waals surface area contributed by atoms with Gasteiger partial charge in [-0.05, 0) is 48.9 Å². The lowest BCUT2D eigenvalue weighted by Crippen LogP contribution is -2.14. The second kappa shape index (κ2) is 7.61. The number of rotatable bonds is 5. The molecular formula is C16H15Br2NO2. The summed E-state index contributed by atoms with van der Waals surface area (Å²) in [6, 6.07) is 12.9. The molecule has 2 rings (SSSR count). The maximum atomic E-state index is 12.4. The van der Waals surface area contributed by atoms with Crippen molar-refractivity contribution in [2.45, 2.75) is 13.3 Å². The molecule has 0 atom stereocenters. The normalized spacial score (nSPS) is 10.2. The highest BCUT2D eigenvalue weighted by molar-refractivity contribution is 9.10. The fourth-order valence-electron chi connectivity index (χ4n) is 1.75. The molecule has 0 unspecified atom stereocenters. The first-order valence-corrected chi connectivity index (χ1v) is 8.18. The van der Waals surface area contributed by atoms with Crippen LogP contribution in [-0.2, 0) is 0 Å². The van der Waals surface area contributed by atoms with Gasteiger partial charge in [0.25, 0.3) is 5.91 Å². The van der Waals surface area contributed by atoms with Crippen LogP contribution in [0.1, 0.15) is 23.7 Å². The summed E-state index contributed by atoms with van der Waals surface area (Å²) in [5.41, 5.74) is 1.25. The van der Waals surface area contributed by atoms with Gasteiger partial charge in [-0.1, -0.05) is 38.8 Å². The van der Waals surface area contributed by atoms with E-state index >= 15 is 0 Å². The van der Waals surface area contributed by atoms with Gasteiger partial charge in [0.1, 0.15) is 5.75 Å². The average Bonchev–Trinajstić information content (AvgIpc) is 2.48. The van der Waals surface area contributed by atoms with Crippen LogP contribution in [0.5, 0.6) is 5.75 Å². The number of hydrogen-bond donors (Lipinski definition) is 1. The molecule has 5 heteroatoms. The van der Waals surface area contributed by atoms with Gasteiger partial charge in [-0.15, -0.1) is 0 Å². The molecule has 2 aromatic rings. The second-order valence-electron chi connectivity index (χ2n) is 4.45. The smallest absolute Gasteiger partial charge is 0.259 e. The maximum absolute atomic E-state index is 12.4. The van der Waals surface area contributed by atoms with Crippen molar-refractivity contribution in [1.82, 2.24) is 0 Å². The quantitative estimate of drug-likeness (QED) is 0.727. The lowest BCUT2D eigenvalue weighted by molar-refractivity contribution is 0.102. The molecule has 0 saturated heterocycles. The summed E-state index contributed by atoms with van der Waals surface area (Å²) in [4.78, 5) is 12.4. The third-order valence-corrected chi connectivity index (χ3v) is 3.77. The summed E-state index contributed by atoms with van der Waals surface area (Å²) >= 11 is 6.75. The molecule has 0 aliphatic heterocycles. The second-order valence-corrected chi connectivity index (χ2v) is 6.28. The number of carbonyl (C=O) groups is 1. The minimum absolute atomic E-state index is 0.190. The van der Waals surface area contributed by atoms with Gasteiger partial charge in [0.15, 0.2) is 0 Å². The predicted octanol–water partition coefficient (Wildman–Crippen LogP) is 5.25. The molecule has 0 heterocycles. The highest BCUT2D eigenvalue weighted by atomic mass is 79.9. The molecular weight excluding hydrogens is 398 g/mol. The van der Waals surface area contributed by atoms with Crippen molar-refractivity contribution in [2.24, 2.45) is 0 Å². The SMILES string of the molecule is CCCOc1ccc(Br)cc1C(=O)Nc1ccc(Br)cc1. The van der Waals surface area contributed by atoms with Crippen LogP contribution in [0.4, 0.5) is 5.69 Å². The highest BCUT2D eigenvalue weighted by Gasteiger charge is 2.13. The molecule has 1 N–H and O–H groups in total. The van der Waals surface area contributed by atoms with E-state index in [4.69, 9.17) is 4.74 Å². The van der Waals surface area contributed by atoms with Gasteiger partial charge < -0.3 is 10.1 Å². The Labute approximate surface area is 141 Å². The van der Waals surface area contributed by atoms with Gasteiger partial charge in [-0.25, -0.2) is 0 Å². The van der Waals surface area contributed by atoms with Crippen molar-refractivity contribution in [3.63, 3.8) is 0 Å². The predicted molar refractivity (Wildman–Crippen MR) is 92.0 cm³/mol. The van der Waals surface area contributed by atoms with Crippen LogP contribution in [0.2, 0.25) is 0 Å². The van der Waals surface area contributed by atoms with E-state index in [-0.39, 0.29) is 5.91 Å². The van der Waals surface area contributed by atoms with Crippen molar-refractivity contribution in [1.29, 1.82) is 0 Å². The van der Waals surface area contributed by atoms with Gasteiger partial charge in [-0.2, -0.15) is 0 Å². The zero-order chi connectivity index (χ0) is 15.2. The van der Waals surface area contributed by atoms with E-state index in [0.29, 0.717) is 17.9 Å². The number of nitrogens with one attached hydrogen (secondary N) is 1. The van der Waals surface area contributed by atoms with Gasteiger partial charge in [0.2, 0.25) is 0 Å². The summed E-state index contributed by atoms with van der Waals surface area (Å²) < 4.78 is 7.44. The van der Waals surface area contributed by atoms with E-state index < -0.39 is 0 Å². The van der Waals surface area contributed by atoms with Crippen molar-refractivity contribution in [3.05, 3.63) is 57.0 Å². The third-order valence-electron chi connectivity index (χ3n) is 2.75. The van der Waals surface area contributed by atoms with E-state index in [0.717, 1.165) is 21.1 Å². The van der Waals surface area contributed by atoms with Crippen LogP contribution in [0, 0.1) is 0 Å². The van der Waals surface area contributed by atoms with E-state index in [1.807, 2.05) is 37.3 Å². The lowest BCUT2D eigenvalue weighted by Gasteiger charge is -2.12. The van der Waals surface area contributed by atoms with E-state index in [1.165, 1.54) is 0 Å². The van der Waals surface area contributed by atoms with Crippen LogP contribution >= 0.6 is 31.9 Å². The maximum Gasteiger partial charge on any atom is 0.259 e. The van der Waals surface area contributed by atoms with Crippen molar-refractivity contribution >= 4 is 43.5 Å². The minimum atomic E-state index is -0.190. The molecule has 0 radical (unpaired) electrons. The molecule has 1 amide bonds. The third kappa shape index (κ3) is 4.58. The molecule has 21 heavy (non-hydrogen) atoms. The Bertz CT molecular complexity index is 627. The van der Waals surface area contributed by atoms with Crippen LogP contribution in [0.25, 0.3) is 0 Å². The number of carbonyl (C=O) groups excluding carboxylic acids is 1. The molecule has 0 spiro atoms. The Morgan fingerprint density at radius 1 is 1.10 bits per heavy atom. The Kier molecular flexibility index (Phi) is 5.82. The first-order valence-electron chi connectivity index (χ1n) is 6.59. The number of amides is 1. The molecule has 0 aromatic heterocycles. The largest absolute Gasteiger partial charge is 0.493 e. The summed E-state index contributed by atoms with van der Waals surface area (Å²) in [5.74, 6) is 0.402. The molecule has 0 bridgehead atoms. The van der Waals surface area contributed by atoms with Gasteiger partial charge in [-0.3, -0.25) is 4.79 Å². The summed E-state index contributed by atoms with van der Waals surface area (Å²) in [7, 11) is 0. The topological polar surface area (TPSA) is 38.3 Å². The number of ether oxygens (including phenoxy) is 1. The number of anilines is 1. The number of halogens is 2. The average molecular weight is 413 g/mol. The van der Waals surface area contributed by atoms with E-state index in [2.05, 4.69) is 37.2 Å².